The number of carbonyl (C=O) groups excluding carboxylic acids is 3. The highest BCUT2D eigenvalue weighted by Crippen LogP contribution is 2.56. The smallest absolute Gasteiger partial charge is 0.271 e. The Morgan fingerprint density at radius 1 is 0.850 bits per heavy atom. The number of hydrogen-bond donors (Lipinski definition) is 3. The molecule has 3 N–H and O–H groups in total. The van der Waals surface area contributed by atoms with Crippen LogP contribution >= 0.6 is 0 Å². The number of amides is 2. The van der Waals surface area contributed by atoms with Crippen molar-refractivity contribution in [3.05, 3.63) is 164 Å². The SMILES string of the molecule is CC(C)CC1NC2(c3ccccc3-n3c2nc2ccccc2c3=O)[C@H]2C(=O)N(c3cccc([N+](=O)[O-])c3)C(=O)[C@@H]12.O=C1C(c2c(O)[nH]c3ccccc23)=Nc2ccccc21. The number of para-hydroxylation sites is 4. The zero-order chi connectivity index (χ0) is 41.6. The van der Waals surface area contributed by atoms with E-state index in [1.54, 1.807) is 41.0 Å². The predicted molar refractivity (Wildman–Crippen MR) is 224 cm³/mol. The van der Waals surface area contributed by atoms with Crippen LogP contribution in [-0.4, -0.2) is 53.9 Å². The van der Waals surface area contributed by atoms with E-state index >= 15 is 0 Å². The summed E-state index contributed by atoms with van der Waals surface area (Å²) in [6.45, 7) is 4.10. The summed E-state index contributed by atoms with van der Waals surface area (Å²) in [7, 11) is 0. The lowest BCUT2D eigenvalue weighted by atomic mass is 9.75. The zero-order valence-electron chi connectivity index (χ0n) is 32.2. The Hall–Kier alpha value is -7.58. The maximum Gasteiger partial charge on any atom is 0.271 e. The number of non-ortho nitro benzene ring substituents is 1. The van der Waals surface area contributed by atoms with Gasteiger partial charge in [0.15, 0.2) is 5.88 Å². The molecule has 0 bridgehead atoms. The van der Waals surface area contributed by atoms with Crippen molar-refractivity contribution in [3.63, 3.8) is 0 Å². The molecule has 14 nitrogen and oxygen atoms in total. The Morgan fingerprint density at radius 2 is 1.57 bits per heavy atom. The first kappa shape index (κ1) is 36.7. The lowest BCUT2D eigenvalue weighted by Crippen LogP contribution is -2.50. The molecule has 0 radical (unpaired) electrons. The normalized spacial score (nSPS) is 21.0. The molecule has 2 amide bonds. The minimum absolute atomic E-state index is 0.0221. The number of aromatic hydroxyl groups is 1. The number of nitrogens with one attached hydrogen (secondary N) is 2. The lowest BCUT2D eigenvalue weighted by molar-refractivity contribution is -0.384. The average molecular weight is 798 g/mol. The Balaban J connectivity index is 0.000000180. The van der Waals surface area contributed by atoms with E-state index < -0.39 is 40.2 Å². The van der Waals surface area contributed by atoms with Gasteiger partial charge in [-0.15, -0.1) is 0 Å². The minimum Gasteiger partial charge on any atom is -0.494 e. The Bertz CT molecular complexity index is 3110. The number of hydrogen-bond acceptors (Lipinski definition) is 10. The molecule has 1 spiro atoms. The quantitative estimate of drug-likeness (QED) is 0.0948. The maximum atomic E-state index is 14.4. The molecular weight excluding hydrogens is 763 g/mol. The van der Waals surface area contributed by atoms with Crippen molar-refractivity contribution in [2.24, 2.45) is 22.7 Å². The number of rotatable bonds is 5. The van der Waals surface area contributed by atoms with Gasteiger partial charge in [0, 0.05) is 40.2 Å². The molecule has 2 saturated heterocycles. The molecule has 7 aromatic rings. The fraction of sp³-hybridized carbons (Fsp3) is 0.174. The second-order valence-corrected chi connectivity index (χ2v) is 15.8. The Labute approximate surface area is 341 Å². The number of nitrogens with zero attached hydrogens (tertiary/aromatic N) is 5. The van der Waals surface area contributed by atoms with Crippen LogP contribution in [0.2, 0.25) is 0 Å². The third-order valence-corrected chi connectivity index (χ3v) is 11.9. The van der Waals surface area contributed by atoms with Gasteiger partial charge in [0.05, 0.1) is 50.3 Å². The van der Waals surface area contributed by atoms with E-state index in [-0.39, 0.29) is 34.5 Å². The molecule has 11 rings (SSSR count). The van der Waals surface area contributed by atoms with Gasteiger partial charge in [-0.3, -0.25) is 39.2 Å². The predicted octanol–water partition coefficient (Wildman–Crippen LogP) is 6.87. The van der Waals surface area contributed by atoms with Crippen LogP contribution in [-0.2, 0) is 15.1 Å². The number of aromatic nitrogens is 3. The van der Waals surface area contributed by atoms with Gasteiger partial charge in [-0.05, 0) is 54.8 Å². The van der Waals surface area contributed by atoms with E-state index in [4.69, 9.17) is 4.98 Å². The van der Waals surface area contributed by atoms with Crippen molar-refractivity contribution in [3.8, 4) is 11.6 Å². The second-order valence-electron chi connectivity index (χ2n) is 15.8. The van der Waals surface area contributed by atoms with Crippen molar-refractivity contribution >= 4 is 62.2 Å². The van der Waals surface area contributed by atoms with Crippen LogP contribution in [0.3, 0.4) is 0 Å². The molecule has 2 fully saturated rings. The largest absolute Gasteiger partial charge is 0.494 e. The number of H-pyrrole nitrogens is 1. The van der Waals surface area contributed by atoms with Gasteiger partial charge in [-0.25, -0.2) is 14.9 Å². The highest BCUT2D eigenvalue weighted by Gasteiger charge is 2.69. The average Bonchev–Trinajstić information content (AvgIpc) is 4.00. The number of benzene rings is 5. The van der Waals surface area contributed by atoms with Gasteiger partial charge >= 0.3 is 0 Å². The molecule has 4 aliphatic rings. The topological polar surface area (TPSA) is 193 Å². The summed E-state index contributed by atoms with van der Waals surface area (Å²) in [5.74, 6) is -2.15. The van der Waals surface area contributed by atoms with Crippen LogP contribution < -0.4 is 15.8 Å². The number of Topliss-reactive ketones (excluding diaryl/α,β-unsaturated/α-hetero) is 1. The summed E-state index contributed by atoms with van der Waals surface area (Å²) in [5.41, 5.74) is 3.06. The molecule has 60 heavy (non-hydrogen) atoms. The third-order valence-electron chi connectivity index (χ3n) is 11.9. The van der Waals surface area contributed by atoms with Crippen molar-refractivity contribution < 1.29 is 24.4 Å². The first-order chi connectivity index (χ1) is 29.0. The zero-order valence-corrected chi connectivity index (χ0v) is 32.2. The molecule has 2 unspecified atom stereocenters. The number of anilines is 1. The first-order valence-electron chi connectivity index (χ1n) is 19.5. The molecule has 4 atom stereocenters. The van der Waals surface area contributed by atoms with Crippen LogP contribution in [0.4, 0.5) is 17.1 Å². The molecule has 0 saturated carbocycles. The van der Waals surface area contributed by atoms with E-state index in [0.717, 1.165) is 15.8 Å². The van der Waals surface area contributed by atoms with Gasteiger partial charge in [-0.2, -0.15) is 0 Å². The van der Waals surface area contributed by atoms with E-state index in [9.17, 15) is 34.4 Å². The number of carbonyl (C=O) groups is 3. The van der Waals surface area contributed by atoms with Gasteiger partial charge in [0.1, 0.15) is 17.1 Å². The van der Waals surface area contributed by atoms with Gasteiger partial charge in [0.25, 0.3) is 11.2 Å². The van der Waals surface area contributed by atoms with Crippen LogP contribution in [0.15, 0.2) is 131 Å². The van der Waals surface area contributed by atoms with Gasteiger partial charge < -0.3 is 10.1 Å². The minimum atomic E-state index is -1.24. The van der Waals surface area contributed by atoms with Crippen molar-refractivity contribution in [2.45, 2.75) is 31.8 Å². The van der Waals surface area contributed by atoms with E-state index in [1.807, 2.05) is 74.5 Å². The molecule has 296 valence electrons. The molecule has 14 heteroatoms. The number of fused-ring (bicyclic) bond motifs is 10. The Morgan fingerprint density at radius 3 is 2.35 bits per heavy atom. The third kappa shape index (κ3) is 5.23. The highest BCUT2D eigenvalue weighted by molar-refractivity contribution is 6.56. The summed E-state index contributed by atoms with van der Waals surface area (Å²) in [5, 5.41) is 26.5. The molecule has 4 aliphatic heterocycles. The number of ketones is 1. The summed E-state index contributed by atoms with van der Waals surface area (Å²) in [6.07, 6.45) is 0.602. The van der Waals surface area contributed by atoms with Crippen molar-refractivity contribution in [1.82, 2.24) is 19.9 Å². The highest BCUT2D eigenvalue weighted by atomic mass is 16.6. The van der Waals surface area contributed by atoms with E-state index in [0.29, 0.717) is 56.9 Å². The molecule has 0 aliphatic carbocycles. The van der Waals surface area contributed by atoms with Crippen LogP contribution in [0, 0.1) is 27.9 Å². The number of aromatic amines is 1. The Kier molecular flexibility index (Phi) is 8.26. The number of aliphatic imine (C=N–C) groups is 1. The van der Waals surface area contributed by atoms with Crippen molar-refractivity contribution in [1.29, 1.82) is 0 Å². The maximum absolute atomic E-state index is 14.4. The van der Waals surface area contributed by atoms with Crippen LogP contribution in [0.1, 0.15) is 47.6 Å². The van der Waals surface area contributed by atoms with Gasteiger partial charge in [-0.1, -0.05) is 80.6 Å². The van der Waals surface area contributed by atoms with Crippen LogP contribution in [0.25, 0.3) is 27.5 Å². The summed E-state index contributed by atoms with van der Waals surface area (Å²) in [6, 6.07) is 34.3. The molecule has 2 aromatic heterocycles. The monoisotopic (exact) mass is 797 g/mol. The standard InChI is InChI=1S/C30H25N5O5.C16H10N2O2/c1-16(2)14-22-24-25(28(38)33(27(24)37)17-8-7-9-18(15-17)35(39)40)30(32-22)20-11-4-6-13-23(20)34-26(36)19-10-3-5-12-21(19)31-29(30)34;19-15-10-6-2-4-8-12(10)17-14(15)13-9-5-1-3-7-11(9)18-16(13)20/h3-13,15-16,22,24-25,32H,14H2,1-2H3;1-8,18,20H/t22?,24-,25+,30?;/m0./s1. The second kappa shape index (κ2) is 13.5. The van der Waals surface area contributed by atoms with Crippen LogP contribution in [0.5, 0.6) is 5.88 Å². The lowest BCUT2D eigenvalue weighted by Gasteiger charge is -2.32. The molecular formula is C46H35N7O7. The van der Waals surface area contributed by atoms with E-state index in [2.05, 4.69) is 15.3 Å². The number of nitro groups is 1. The molecule has 6 heterocycles. The van der Waals surface area contributed by atoms with E-state index in [1.165, 1.54) is 24.3 Å². The number of nitro benzene ring substituents is 1. The number of imide groups is 1. The summed E-state index contributed by atoms with van der Waals surface area (Å²) in [4.78, 5) is 79.1. The van der Waals surface area contributed by atoms with Crippen molar-refractivity contribution in [2.75, 3.05) is 4.90 Å². The summed E-state index contributed by atoms with van der Waals surface area (Å²) < 4.78 is 1.56. The van der Waals surface area contributed by atoms with Gasteiger partial charge in [0.2, 0.25) is 17.6 Å². The fourth-order valence-electron chi connectivity index (χ4n) is 9.53. The summed E-state index contributed by atoms with van der Waals surface area (Å²) >= 11 is 0. The fourth-order valence-corrected chi connectivity index (χ4v) is 9.53. The first-order valence-corrected chi connectivity index (χ1v) is 19.5. The molecule has 5 aromatic carbocycles.